The number of amides is 1. The van der Waals surface area contributed by atoms with E-state index in [1.807, 2.05) is 48.5 Å². The maximum absolute atomic E-state index is 12.4. The molecule has 0 N–H and O–H groups in total. The van der Waals surface area contributed by atoms with Gasteiger partial charge in [0.25, 0.3) is 5.91 Å². The van der Waals surface area contributed by atoms with Gasteiger partial charge in [0.15, 0.2) is 9.84 Å². The number of rotatable bonds is 6. The topological polar surface area (TPSA) is 106 Å². The molecule has 1 amide bonds. The van der Waals surface area contributed by atoms with Crippen LogP contribution in [0.3, 0.4) is 0 Å². The number of sulfone groups is 1. The minimum absolute atomic E-state index is 0.0495. The van der Waals surface area contributed by atoms with Crippen LogP contribution < -0.4 is 0 Å². The van der Waals surface area contributed by atoms with E-state index in [-0.39, 0.29) is 5.89 Å². The van der Waals surface area contributed by atoms with E-state index in [9.17, 15) is 13.2 Å². The zero-order valence-corrected chi connectivity index (χ0v) is 16.2. The third-order valence-corrected chi connectivity index (χ3v) is 5.76. The smallest absolute Gasteiger partial charge is 0.257 e. The quantitative estimate of drug-likeness (QED) is 0.617. The van der Waals surface area contributed by atoms with Gasteiger partial charge in [-0.05, 0) is 5.56 Å². The third-order valence-electron chi connectivity index (χ3n) is 4.38. The predicted octanol–water partition coefficient (Wildman–Crippen LogP) is 2.29. The normalized spacial score (nSPS) is 14.1. The molecule has 0 radical (unpaired) electrons. The molecule has 1 aliphatic heterocycles. The first-order valence-electron chi connectivity index (χ1n) is 9.02. The van der Waals surface area contributed by atoms with Gasteiger partial charge in [-0.15, -0.1) is 0 Å². The molecule has 0 bridgehead atoms. The summed E-state index contributed by atoms with van der Waals surface area (Å²) in [6.45, 7) is 0.358. The first-order chi connectivity index (χ1) is 14.0. The molecule has 0 spiro atoms. The summed E-state index contributed by atoms with van der Waals surface area (Å²) in [5, 5.41) is 9.29. The molecule has 1 aliphatic rings. The monoisotopic (exact) mass is 410 g/mol. The molecule has 2 heterocycles. The number of hydrogen-bond acceptors (Lipinski definition) is 7. The van der Waals surface area contributed by atoms with Crippen LogP contribution in [0.15, 0.2) is 70.3 Å². The van der Waals surface area contributed by atoms with Crippen LogP contribution >= 0.6 is 0 Å². The van der Waals surface area contributed by atoms with Crippen molar-refractivity contribution in [2.24, 2.45) is 5.10 Å². The van der Waals surface area contributed by atoms with E-state index in [0.717, 1.165) is 16.8 Å². The summed E-state index contributed by atoms with van der Waals surface area (Å²) in [5.74, 6) is -1.48. The maximum atomic E-state index is 12.4. The highest BCUT2D eigenvalue weighted by Crippen LogP contribution is 2.17. The second kappa shape index (κ2) is 7.96. The SMILES string of the molecule is O=C(CS(=O)(=O)Cc1nc(-c2ccccc2)no1)N1CCC(c2ccccc2)=N1. The highest BCUT2D eigenvalue weighted by molar-refractivity contribution is 7.91. The van der Waals surface area contributed by atoms with Crippen LogP contribution in [0.5, 0.6) is 0 Å². The highest BCUT2D eigenvalue weighted by Gasteiger charge is 2.27. The molecule has 0 saturated heterocycles. The van der Waals surface area contributed by atoms with Gasteiger partial charge >= 0.3 is 0 Å². The van der Waals surface area contributed by atoms with Crippen molar-refractivity contribution in [3.8, 4) is 11.4 Å². The lowest BCUT2D eigenvalue weighted by atomic mass is 10.1. The lowest BCUT2D eigenvalue weighted by Crippen LogP contribution is -2.30. The first-order valence-corrected chi connectivity index (χ1v) is 10.8. The minimum Gasteiger partial charge on any atom is -0.338 e. The molecule has 8 nitrogen and oxygen atoms in total. The van der Waals surface area contributed by atoms with Crippen LogP contribution in [0.1, 0.15) is 17.9 Å². The maximum Gasteiger partial charge on any atom is 0.257 e. The van der Waals surface area contributed by atoms with Gasteiger partial charge in [0, 0.05) is 12.0 Å². The summed E-state index contributed by atoms with van der Waals surface area (Å²) < 4.78 is 29.9. The van der Waals surface area contributed by atoms with Crippen molar-refractivity contribution in [3.63, 3.8) is 0 Å². The molecular formula is C20H18N4O4S. The van der Waals surface area contributed by atoms with E-state index >= 15 is 0 Å². The molecular weight excluding hydrogens is 392 g/mol. The third kappa shape index (κ3) is 4.57. The molecule has 0 unspecified atom stereocenters. The largest absolute Gasteiger partial charge is 0.338 e. The summed E-state index contributed by atoms with van der Waals surface area (Å²) >= 11 is 0. The van der Waals surface area contributed by atoms with Crippen molar-refractivity contribution >= 4 is 21.5 Å². The zero-order chi connectivity index (χ0) is 20.3. The van der Waals surface area contributed by atoms with Gasteiger partial charge in [0.05, 0.1) is 12.3 Å². The van der Waals surface area contributed by atoms with Crippen LogP contribution in [0.25, 0.3) is 11.4 Å². The van der Waals surface area contributed by atoms with Gasteiger partial charge < -0.3 is 4.52 Å². The van der Waals surface area contributed by atoms with E-state index in [0.29, 0.717) is 18.8 Å². The summed E-state index contributed by atoms with van der Waals surface area (Å²) in [6.07, 6.45) is 0.583. The lowest BCUT2D eigenvalue weighted by molar-refractivity contribution is -0.127. The van der Waals surface area contributed by atoms with Gasteiger partial charge in [0.2, 0.25) is 11.7 Å². The van der Waals surface area contributed by atoms with Gasteiger partial charge in [-0.1, -0.05) is 65.8 Å². The van der Waals surface area contributed by atoms with Crippen molar-refractivity contribution in [3.05, 3.63) is 72.1 Å². The van der Waals surface area contributed by atoms with E-state index in [1.165, 1.54) is 5.01 Å². The van der Waals surface area contributed by atoms with Crippen LogP contribution in [-0.2, 0) is 20.4 Å². The van der Waals surface area contributed by atoms with E-state index in [4.69, 9.17) is 4.52 Å². The summed E-state index contributed by atoms with van der Waals surface area (Å²) in [5.41, 5.74) is 2.40. The molecule has 1 aromatic heterocycles. The second-order valence-corrected chi connectivity index (χ2v) is 8.65. The Labute approximate surface area is 167 Å². The zero-order valence-electron chi connectivity index (χ0n) is 15.4. The molecule has 4 rings (SSSR count). The number of carbonyl (C=O) groups is 1. The molecule has 2 aromatic carbocycles. The van der Waals surface area contributed by atoms with Crippen molar-refractivity contribution < 1.29 is 17.7 Å². The Morgan fingerprint density at radius 1 is 1.00 bits per heavy atom. The van der Waals surface area contributed by atoms with Gasteiger partial charge in [0.1, 0.15) is 11.5 Å². The van der Waals surface area contributed by atoms with Crippen molar-refractivity contribution in [1.82, 2.24) is 15.1 Å². The molecule has 0 fully saturated rings. The van der Waals surface area contributed by atoms with E-state index in [2.05, 4.69) is 15.2 Å². The highest BCUT2D eigenvalue weighted by atomic mass is 32.2. The van der Waals surface area contributed by atoms with Crippen LogP contribution in [0, 0.1) is 0 Å². The van der Waals surface area contributed by atoms with Crippen molar-refractivity contribution in [1.29, 1.82) is 0 Å². The summed E-state index contributed by atoms with van der Waals surface area (Å²) in [7, 11) is -3.78. The molecule has 9 heteroatoms. The lowest BCUT2D eigenvalue weighted by Gasteiger charge is -2.10. The number of hydrazone groups is 1. The van der Waals surface area contributed by atoms with Gasteiger partial charge in [-0.2, -0.15) is 10.1 Å². The number of aromatic nitrogens is 2. The Morgan fingerprint density at radius 3 is 2.34 bits per heavy atom. The number of carbonyl (C=O) groups excluding carboxylic acids is 1. The second-order valence-electron chi connectivity index (χ2n) is 6.59. The van der Waals surface area contributed by atoms with Gasteiger partial charge in [-0.25, -0.2) is 13.4 Å². The van der Waals surface area contributed by atoms with Gasteiger partial charge in [-0.3, -0.25) is 4.79 Å². The van der Waals surface area contributed by atoms with Crippen molar-refractivity contribution in [2.45, 2.75) is 12.2 Å². The number of hydrogen-bond donors (Lipinski definition) is 0. The standard InChI is InChI=1S/C20H18N4O4S/c25-19(24-12-11-17(22-24)15-7-3-1-4-8-15)14-29(26,27)13-18-21-20(23-28-18)16-9-5-2-6-10-16/h1-10H,11-14H2. The number of nitrogens with zero attached hydrogens (tertiary/aromatic N) is 4. The summed E-state index contributed by atoms with van der Waals surface area (Å²) in [4.78, 5) is 16.5. The molecule has 148 valence electrons. The Bertz CT molecular complexity index is 1140. The first kappa shape index (κ1) is 19.0. The van der Waals surface area contributed by atoms with Crippen LogP contribution in [0.4, 0.5) is 0 Å². The fourth-order valence-corrected chi connectivity index (χ4v) is 4.11. The van der Waals surface area contributed by atoms with E-state index in [1.54, 1.807) is 12.1 Å². The molecule has 0 aliphatic carbocycles. The molecule has 0 saturated carbocycles. The Kier molecular flexibility index (Phi) is 5.22. The predicted molar refractivity (Wildman–Crippen MR) is 107 cm³/mol. The number of benzene rings is 2. The Balaban J connectivity index is 1.41. The fourth-order valence-electron chi connectivity index (χ4n) is 2.99. The average molecular weight is 410 g/mol. The average Bonchev–Trinajstić information content (AvgIpc) is 3.38. The summed E-state index contributed by atoms with van der Waals surface area (Å²) in [6, 6.07) is 18.6. The van der Waals surface area contributed by atoms with E-state index < -0.39 is 27.3 Å². The van der Waals surface area contributed by atoms with Crippen molar-refractivity contribution in [2.75, 3.05) is 12.3 Å². The minimum atomic E-state index is -3.78. The van der Waals surface area contributed by atoms with Crippen LogP contribution in [-0.4, -0.2) is 47.5 Å². The fraction of sp³-hybridized carbons (Fsp3) is 0.200. The molecule has 3 aromatic rings. The Hall–Kier alpha value is -3.33. The molecule has 0 atom stereocenters. The molecule has 29 heavy (non-hydrogen) atoms. The van der Waals surface area contributed by atoms with Crippen LogP contribution in [0.2, 0.25) is 0 Å². The Morgan fingerprint density at radius 2 is 1.66 bits per heavy atom.